The summed E-state index contributed by atoms with van der Waals surface area (Å²) in [7, 11) is 0. The van der Waals surface area contributed by atoms with Crippen molar-refractivity contribution in [2.75, 3.05) is 5.32 Å². The van der Waals surface area contributed by atoms with Gasteiger partial charge in [-0.05, 0) is 43.0 Å². The minimum atomic E-state index is -0.690. The third kappa shape index (κ3) is 3.94. The summed E-state index contributed by atoms with van der Waals surface area (Å²) in [5.41, 5.74) is -0.360. The maximum Gasteiger partial charge on any atom is 0.330 e. The fraction of sp³-hybridized carbons (Fsp3) is 0.333. The highest BCUT2D eigenvalue weighted by Crippen LogP contribution is 2.40. The number of aromatic nitrogens is 3. The van der Waals surface area contributed by atoms with Crippen LogP contribution >= 0.6 is 15.9 Å². The lowest BCUT2D eigenvalue weighted by molar-refractivity contribution is 0.102. The van der Waals surface area contributed by atoms with Gasteiger partial charge in [0.25, 0.3) is 11.5 Å². The first-order valence-corrected chi connectivity index (χ1v) is 10.5. The number of pyridine rings is 1. The van der Waals surface area contributed by atoms with Crippen LogP contribution in [0.3, 0.4) is 0 Å². The summed E-state index contributed by atoms with van der Waals surface area (Å²) >= 11 is 3.25. The molecule has 1 saturated carbocycles. The van der Waals surface area contributed by atoms with Gasteiger partial charge in [-0.15, -0.1) is 0 Å². The Kier molecular flexibility index (Phi) is 5.31. The zero-order valence-electron chi connectivity index (χ0n) is 16.5. The fourth-order valence-electron chi connectivity index (χ4n) is 3.38. The van der Waals surface area contributed by atoms with E-state index < -0.39 is 23.0 Å². The predicted molar refractivity (Wildman–Crippen MR) is 115 cm³/mol. The predicted octanol–water partition coefficient (Wildman–Crippen LogP) is 3.77. The molecule has 7 nitrogen and oxygen atoms in total. The molecule has 1 aliphatic carbocycles. The van der Waals surface area contributed by atoms with Crippen molar-refractivity contribution in [1.82, 2.24) is 14.5 Å². The van der Waals surface area contributed by atoms with Gasteiger partial charge in [0.15, 0.2) is 5.65 Å². The van der Waals surface area contributed by atoms with Gasteiger partial charge in [0.05, 0.1) is 16.6 Å². The van der Waals surface area contributed by atoms with Crippen LogP contribution in [0.15, 0.2) is 38.3 Å². The van der Waals surface area contributed by atoms with Gasteiger partial charge in [-0.1, -0.05) is 29.8 Å². The summed E-state index contributed by atoms with van der Waals surface area (Å²) in [5.74, 6) is -0.929. The Morgan fingerprint density at radius 1 is 1.33 bits per heavy atom. The summed E-state index contributed by atoms with van der Waals surface area (Å²) in [5, 5.41) is 2.56. The molecule has 0 atom stereocenters. The van der Waals surface area contributed by atoms with Crippen LogP contribution in [0.2, 0.25) is 0 Å². The van der Waals surface area contributed by atoms with E-state index in [2.05, 4.69) is 31.2 Å². The number of nitrogens with zero attached hydrogens (tertiary/aromatic N) is 2. The van der Waals surface area contributed by atoms with E-state index in [-0.39, 0.29) is 34.1 Å². The second kappa shape index (κ2) is 7.79. The number of rotatable bonds is 5. The Morgan fingerprint density at radius 3 is 2.73 bits per heavy atom. The molecular weight excluding hydrogens is 455 g/mol. The number of hydrogen-bond donors (Lipinski definition) is 2. The molecule has 3 aromatic rings. The number of anilines is 1. The molecule has 0 aliphatic heterocycles. The summed E-state index contributed by atoms with van der Waals surface area (Å²) in [4.78, 5) is 45.1. The standard InChI is InChI=1S/C21H20BrFN4O3/c1-10(2)9-27-18-17(20(29)26-21(27)30)13(8-15(24-18)11-3-4-11)19(28)25-16-7-12(22)5-6-14(16)23/h5-8,10-11H,3-4,9H2,1-2H3,(H,25,28)(H,26,29,30). The SMILES string of the molecule is CC(C)Cn1c(=O)[nH]c(=O)c2c(C(=O)Nc3cc(Br)ccc3F)cc(C3CC3)nc21. The summed E-state index contributed by atoms with van der Waals surface area (Å²) < 4.78 is 16.1. The minimum Gasteiger partial charge on any atom is -0.319 e. The lowest BCUT2D eigenvalue weighted by Gasteiger charge is -2.15. The second-order valence-corrected chi connectivity index (χ2v) is 8.83. The van der Waals surface area contributed by atoms with Gasteiger partial charge in [-0.3, -0.25) is 19.1 Å². The van der Waals surface area contributed by atoms with E-state index in [9.17, 15) is 18.8 Å². The van der Waals surface area contributed by atoms with Crippen molar-refractivity contribution in [3.05, 3.63) is 66.7 Å². The van der Waals surface area contributed by atoms with Gasteiger partial charge in [0.1, 0.15) is 5.82 Å². The van der Waals surface area contributed by atoms with Crippen molar-refractivity contribution >= 4 is 38.6 Å². The maximum absolute atomic E-state index is 14.2. The zero-order valence-corrected chi connectivity index (χ0v) is 18.0. The first-order chi connectivity index (χ1) is 14.2. The van der Waals surface area contributed by atoms with Crippen LogP contribution in [0.25, 0.3) is 11.0 Å². The van der Waals surface area contributed by atoms with Crippen LogP contribution in [0.4, 0.5) is 10.1 Å². The van der Waals surface area contributed by atoms with E-state index in [0.717, 1.165) is 12.8 Å². The quantitative estimate of drug-likeness (QED) is 0.587. The van der Waals surface area contributed by atoms with Crippen LogP contribution < -0.4 is 16.6 Å². The first-order valence-electron chi connectivity index (χ1n) is 9.68. The molecule has 1 aromatic carbocycles. The maximum atomic E-state index is 14.2. The molecule has 0 spiro atoms. The largest absolute Gasteiger partial charge is 0.330 e. The molecule has 0 radical (unpaired) electrons. The topological polar surface area (TPSA) is 96.9 Å². The summed E-state index contributed by atoms with van der Waals surface area (Å²) in [6.07, 6.45) is 1.86. The number of hydrogen-bond acceptors (Lipinski definition) is 4. The van der Waals surface area contributed by atoms with Crippen LogP contribution in [0.5, 0.6) is 0 Å². The van der Waals surface area contributed by atoms with Crippen molar-refractivity contribution in [3.63, 3.8) is 0 Å². The molecule has 156 valence electrons. The van der Waals surface area contributed by atoms with Crippen molar-refractivity contribution < 1.29 is 9.18 Å². The number of benzene rings is 1. The van der Waals surface area contributed by atoms with Crippen LogP contribution in [0.1, 0.15) is 48.7 Å². The highest BCUT2D eigenvalue weighted by atomic mass is 79.9. The van der Waals surface area contributed by atoms with E-state index >= 15 is 0 Å². The second-order valence-electron chi connectivity index (χ2n) is 7.91. The van der Waals surface area contributed by atoms with E-state index in [1.165, 1.54) is 22.8 Å². The molecule has 1 fully saturated rings. The molecule has 0 unspecified atom stereocenters. The third-order valence-electron chi connectivity index (χ3n) is 4.93. The number of nitrogens with one attached hydrogen (secondary N) is 2. The highest BCUT2D eigenvalue weighted by Gasteiger charge is 2.29. The third-order valence-corrected chi connectivity index (χ3v) is 5.43. The Hall–Kier alpha value is -2.81. The van der Waals surface area contributed by atoms with Crippen molar-refractivity contribution in [3.8, 4) is 0 Å². The summed E-state index contributed by atoms with van der Waals surface area (Å²) in [6, 6.07) is 5.77. The van der Waals surface area contributed by atoms with Crippen molar-refractivity contribution in [2.24, 2.45) is 5.92 Å². The molecule has 0 saturated heterocycles. The number of carbonyl (C=O) groups excluding carboxylic acids is 1. The average molecular weight is 475 g/mol. The lowest BCUT2D eigenvalue weighted by Crippen LogP contribution is -2.33. The Morgan fingerprint density at radius 2 is 2.07 bits per heavy atom. The molecule has 2 N–H and O–H groups in total. The van der Waals surface area contributed by atoms with Crippen molar-refractivity contribution in [1.29, 1.82) is 0 Å². The molecule has 9 heteroatoms. The zero-order chi connectivity index (χ0) is 21.6. The van der Waals surface area contributed by atoms with E-state index in [0.29, 0.717) is 16.7 Å². The number of halogens is 2. The van der Waals surface area contributed by atoms with E-state index in [1.807, 2.05) is 13.8 Å². The molecule has 30 heavy (non-hydrogen) atoms. The fourth-order valence-corrected chi connectivity index (χ4v) is 3.74. The molecule has 1 amide bonds. The number of aromatic amines is 1. The average Bonchev–Trinajstić information content (AvgIpc) is 3.52. The number of carbonyl (C=O) groups is 1. The monoisotopic (exact) mass is 474 g/mol. The van der Waals surface area contributed by atoms with Crippen LogP contribution in [0, 0.1) is 11.7 Å². The van der Waals surface area contributed by atoms with E-state index in [1.54, 1.807) is 6.07 Å². The van der Waals surface area contributed by atoms with E-state index in [4.69, 9.17) is 0 Å². The van der Waals surface area contributed by atoms with Gasteiger partial charge < -0.3 is 5.32 Å². The smallest absolute Gasteiger partial charge is 0.319 e. The first kappa shape index (κ1) is 20.5. The van der Waals surface area contributed by atoms with Gasteiger partial charge in [0, 0.05) is 22.6 Å². The van der Waals surface area contributed by atoms with Gasteiger partial charge in [-0.2, -0.15) is 0 Å². The number of fused-ring (bicyclic) bond motifs is 1. The van der Waals surface area contributed by atoms with Gasteiger partial charge in [-0.25, -0.2) is 14.2 Å². The Bertz CT molecular complexity index is 1280. The summed E-state index contributed by atoms with van der Waals surface area (Å²) in [6.45, 7) is 4.23. The number of H-pyrrole nitrogens is 1. The van der Waals surface area contributed by atoms with Crippen LogP contribution in [-0.4, -0.2) is 20.4 Å². The molecule has 4 rings (SSSR count). The highest BCUT2D eigenvalue weighted by molar-refractivity contribution is 9.10. The van der Waals surface area contributed by atoms with Gasteiger partial charge in [0.2, 0.25) is 0 Å². The van der Waals surface area contributed by atoms with Crippen LogP contribution in [-0.2, 0) is 6.54 Å². The molecule has 2 aromatic heterocycles. The lowest BCUT2D eigenvalue weighted by atomic mass is 10.1. The van der Waals surface area contributed by atoms with Crippen molar-refractivity contribution in [2.45, 2.75) is 39.2 Å². The number of amides is 1. The Labute approximate surface area is 179 Å². The molecule has 2 heterocycles. The normalized spacial score (nSPS) is 13.8. The Balaban J connectivity index is 1.92. The molecule has 0 bridgehead atoms. The molecule has 1 aliphatic rings. The minimum absolute atomic E-state index is 0.0146. The molecular formula is C21H20BrFN4O3. The van der Waals surface area contributed by atoms with Gasteiger partial charge >= 0.3 is 5.69 Å².